The third-order valence-corrected chi connectivity index (χ3v) is 5.83. The molecule has 1 amide bonds. The summed E-state index contributed by atoms with van der Waals surface area (Å²) in [5.74, 6) is 1.68. The van der Waals surface area contributed by atoms with E-state index in [1.54, 1.807) is 17.7 Å². The Kier molecular flexibility index (Phi) is 4.58. The van der Waals surface area contributed by atoms with Crippen molar-refractivity contribution < 1.29 is 9.32 Å². The predicted octanol–water partition coefficient (Wildman–Crippen LogP) is 2.44. The molecule has 0 aliphatic carbocycles. The minimum absolute atomic E-state index is 0.0810. The van der Waals surface area contributed by atoms with Crippen LogP contribution in [-0.2, 0) is 17.6 Å². The summed E-state index contributed by atoms with van der Waals surface area (Å²) < 4.78 is 5.15. The van der Waals surface area contributed by atoms with E-state index in [1.807, 2.05) is 17.9 Å². The molecule has 1 aliphatic rings. The van der Waals surface area contributed by atoms with Gasteiger partial charge in [-0.25, -0.2) is 9.97 Å². The van der Waals surface area contributed by atoms with Gasteiger partial charge in [-0.3, -0.25) is 4.79 Å². The summed E-state index contributed by atoms with van der Waals surface area (Å²) in [6.07, 6.45) is 2.91. The molecule has 136 valence electrons. The Hall–Kier alpha value is -2.48. The molecule has 4 rings (SSSR count). The Balaban J connectivity index is 1.43. The number of rotatable bonds is 4. The fourth-order valence-electron chi connectivity index (χ4n) is 3.25. The Bertz CT molecular complexity index is 927. The minimum Gasteiger partial charge on any atom is -0.361 e. The van der Waals surface area contributed by atoms with Crippen LogP contribution in [0.2, 0.25) is 0 Å². The maximum absolute atomic E-state index is 12.5. The number of thiophene rings is 1. The molecule has 0 unspecified atom stereocenters. The van der Waals surface area contributed by atoms with Crippen molar-refractivity contribution in [2.45, 2.75) is 26.7 Å². The average Bonchev–Trinajstić information content (AvgIpc) is 3.27. The zero-order valence-corrected chi connectivity index (χ0v) is 15.8. The van der Waals surface area contributed by atoms with E-state index >= 15 is 0 Å². The molecule has 1 fully saturated rings. The van der Waals surface area contributed by atoms with Crippen molar-refractivity contribution in [2.75, 3.05) is 31.1 Å². The van der Waals surface area contributed by atoms with Crippen LogP contribution >= 0.6 is 11.3 Å². The number of aryl methyl sites for hydroxylation is 2. The number of carbonyl (C=O) groups is 1. The van der Waals surface area contributed by atoms with E-state index in [1.165, 1.54) is 4.88 Å². The monoisotopic (exact) mass is 371 g/mol. The lowest BCUT2D eigenvalue weighted by atomic mass is 10.2. The quantitative estimate of drug-likeness (QED) is 0.701. The number of carbonyl (C=O) groups excluding carboxylic acids is 1. The van der Waals surface area contributed by atoms with Crippen molar-refractivity contribution >= 4 is 33.3 Å². The van der Waals surface area contributed by atoms with E-state index in [0.29, 0.717) is 18.8 Å². The van der Waals surface area contributed by atoms with E-state index in [0.717, 1.165) is 41.2 Å². The van der Waals surface area contributed by atoms with Gasteiger partial charge in [0.05, 0.1) is 17.5 Å². The molecule has 7 nitrogen and oxygen atoms in total. The first kappa shape index (κ1) is 17.0. The first-order valence-corrected chi connectivity index (χ1v) is 9.64. The van der Waals surface area contributed by atoms with Gasteiger partial charge in [0.25, 0.3) is 0 Å². The molecule has 0 aromatic carbocycles. The first-order chi connectivity index (χ1) is 12.6. The van der Waals surface area contributed by atoms with Gasteiger partial charge in [0.1, 0.15) is 22.7 Å². The van der Waals surface area contributed by atoms with Crippen LogP contribution in [0.5, 0.6) is 0 Å². The van der Waals surface area contributed by atoms with E-state index in [-0.39, 0.29) is 12.3 Å². The van der Waals surface area contributed by atoms with E-state index in [4.69, 9.17) is 4.52 Å². The van der Waals surface area contributed by atoms with Crippen LogP contribution in [-0.4, -0.2) is 52.1 Å². The molecule has 1 aliphatic heterocycles. The highest BCUT2D eigenvalue weighted by atomic mass is 32.1. The standard InChI is InChI=1S/C18H21N5O2S/c1-3-14-10-15-17(19-11-20-18(15)26-14)23-6-4-22(5-7-23)16(24)9-13-8-12(2)21-25-13/h8,10-11H,3-7,9H2,1-2H3. The fraction of sp³-hybridized carbons (Fsp3) is 0.444. The first-order valence-electron chi connectivity index (χ1n) is 8.82. The molecule has 0 bridgehead atoms. The highest BCUT2D eigenvalue weighted by molar-refractivity contribution is 7.18. The summed E-state index contributed by atoms with van der Waals surface area (Å²) >= 11 is 1.73. The van der Waals surface area contributed by atoms with Gasteiger partial charge in [-0.2, -0.15) is 0 Å². The molecular formula is C18H21N5O2S. The molecule has 26 heavy (non-hydrogen) atoms. The highest BCUT2D eigenvalue weighted by Gasteiger charge is 2.24. The number of aromatic nitrogens is 3. The van der Waals surface area contributed by atoms with Crippen molar-refractivity contribution in [3.05, 3.63) is 34.8 Å². The van der Waals surface area contributed by atoms with Crippen molar-refractivity contribution in [2.24, 2.45) is 0 Å². The van der Waals surface area contributed by atoms with Crippen molar-refractivity contribution in [3.8, 4) is 0 Å². The lowest BCUT2D eigenvalue weighted by Crippen LogP contribution is -2.49. The summed E-state index contributed by atoms with van der Waals surface area (Å²) in [6.45, 7) is 6.91. The van der Waals surface area contributed by atoms with Gasteiger partial charge in [0, 0.05) is 37.1 Å². The number of nitrogens with zero attached hydrogens (tertiary/aromatic N) is 5. The molecule has 0 atom stereocenters. The van der Waals surface area contributed by atoms with Gasteiger partial charge in [-0.1, -0.05) is 12.1 Å². The largest absolute Gasteiger partial charge is 0.361 e. The number of anilines is 1. The summed E-state index contributed by atoms with van der Waals surface area (Å²) in [6, 6.07) is 4.01. The predicted molar refractivity (Wildman–Crippen MR) is 101 cm³/mol. The molecule has 3 aromatic rings. The molecule has 1 saturated heterocycles. The minimum atomic E-state index is 0.0810. The van der Waals surface area contributed by atoms with E-state index < -0.39 is 0 Å². The Morgan fingerprint density at radius 1 is 1.23 bits per heavy atom. The maximum atomic E-state index is 12.5. The molecule has 0 saturated carbocycles. The molecule has 0 radical (unpaired) electrons. The smallest absolute Gasteiger partial charge is 0.230 e. The third-order valence-electron chi connectivity index (χ3n) is 4.64. The summed E-state index contributed by atoms with van der Waals surface area (Å²) in [5, 5.41) is 4.95. The topological polar surface area (TPSA) is 75.4 Å². The molecule has 0 N–H and O–H groups in total. The van der Waals surface area contributed by atoms with Crippen LogP contribution in [0.15, 0.2) is 23.0 Å². The zero-order chi connectivity index (χ0) is 18.1. The van der Waals surface area contributed by atoms with Gasteiger partial charge in [0.15, 0.2) is 0 Å². The summed E-state index contributed by atoms with van der Waals surface area (Å²) in [7, 11) is 0. The number of fused-ring (bicyclic) bond motifs is 1. The van der Waals surface area contributed by atoms with E-state index in [9.17, 15) is 4.79 Å². The normalized spacial score (nSPS) is 15.0. The molecular weight excluding hydrogens is 350 g/mol. The van der Waals surface area contributed by atoms with Crippen molar-refractivity contribution in [1.82, 2.24) is 20.0 Å². The number of piperazine rings is 1. The van der Waals surface area contributed by atoms with Crippen LogP contribution < -0.4 is 4.90 Å². The summed E-state index contributed by atoms with van der Waals surface area (Å²) in [4.78, 5) is 27.9. The van der Waals surface area contributed by atoms with Crippen LogP contribution in [0, 0.1) is 6.92 Å². The summed E-state index contributed by atoms with van der Waals surface area (Å²) in [5.41, 5.74) is 0.799. The van der Waals surface area contributed by atoms with Crippen LogP contribution in [0.3, 0.4) is 0 Å². The lowest BCUT2D eigenvalue weighted by molar-refractivity contribution is -0.131. The van der Waals surface area contributed by atoms with Gasteiger partial charge >= 0.3 is 0 Å². The Morgan fingerprint density at radius 2 is 2.04 bits per heavy atom. The molecule has 8 heteroatoms. The second-order valence-electron chi connectivity index (χ2n) is 6.46. The van der Waals surface area contributed by atoms with Crippen LogP contribution in [0.4, 0.5) is 5.82 Å². The third kappa shape index (κ3) is 3.29. The van der Waals surface area contributed by atoms with Crippen LogP contribution in [0.25, 0.3) is 10.2 Å². The van der Waals surface area contributed by atoms with E-state index in [2.05, 4.69) is 33.0 Å². The molecule has 0 spiro atoms. The Morgan fingerprint density at radius 3 is 2.73 bits per heavy atom. The molecule has 4 heterocycles. The van der Waals surface area contributed by atoms with Gasteiger partial charge in [-0.05, 0) is 19.4 Å². The molecule has 3 aromatic heterocycles. The zero-order valence-electron chi connectivity index (χ0n) is 14.9. The van der Waals surface area contributed by atoms with Gasteiger partial charge in [-0.15, -0.1) is 11.3 Å². The number of hydrogen-bond donors (Lipinski definition) is 0. The lowest BCUT2D eigenvalue weighted by Gasteiger charge is -2.35. The second kappa shape index (κ2) is 7.03. The maximum Gasteiger partial charge on any atom is 0.230 e. The van der Waals surface area contributed by atoms with Crippen molar-refractivity contribution in [1.29, 1.82) is 0 Å². The number of hydrogen-bond acceptors (Lipinski definition) is 7. The van der Waals surface area contributed by atoms with Gasteiger partial charge < -0.3 is 14.3 Å². The van der Waals surface area contributed by atoms with Crippen LogP contribution in [0.1, 0.15) is 23.3 Å². The van der Waals surface area contributed by atoms with Gasteiger partial charge in [0.2, 0.25) is 5.91 Å². The number of amides is 1. The second-order valence-corrected chi connectivity index (χ2v) is 7.58. The fourth-order valence-corrected chi connectivity index (χ4v) is 4.18. The highest BCUT2D eigenvalue weighted by Crippen LogP contribution is 2.30. The average molecular weight is 371 g/mol. The van der Waals surface area contributed by atoms with Crippen molar-refractivity contribution in [3.63, 3.8) is 0 Å². The SMILES string of the molecule is CCc1cc2c(N3CCN(C(=O)Cc4cc(C)no4)CC3)ncnc2s1. The Labute approximate surface area is 155 Å².